The van der Waals surface area contributed by atoms with Crippen LogP contribution in [0.25, 0.3) is 0 Å². The van der Waals surface area contributed by atoms with Gasteiger partial charge in [0.2, 0.25) is 5.79 Å². The number of hydrogen-bond acceptors (Lipinski definition) is 5. The maximum absolute atomic E-state index is 13.2. The molecular formula is C17H21F2NO6. The number of benzene rings is 1. The number of carboxylic acids is 2. The van der Waals surface area contributed by atoms with Gasteiger partial charge in [-0.3, -0.25) is 0 Å². The van der Waals surface area contributed by atoms with Gasteiger partial charge in [-0.25, -0.2) is 18.4 Å². The number of ether oxygens (including phenoxy) is 1. The zero-order valence-corrected chi connectivity index (χ0v) is 14.5. The molecule has 1 saturated heterocycles. The fourth-order valence-electron chi connectivity index (χ4n) is 2.38. The van der Waals surface area contributed by atoms with Crippen molar-refractivity contribution in [3.05, 3.63) is 47.5 Å². The third kappa shape index (κ3) is 6.17. The fourth-order valence-corrected chi connectivity index (χ4v) is 2.38. The maximum Gasteiger partial charge on any atom is 0.328 e. The van der Waals surface area contributed by atoms with E-state index in [0.717, 1.165) is 18.2 Å². The second-order valence-corrected chi connectivity index (χ2v) is 6.40. The van der Waals surface area contributed by atoms with Crippen LogP contribution in [0, 0.1) is 11.6 Å². The second kappa shape index (κ2) is 8.35. The van der Waals surface area contributed by atoms with E-state index < -0.39 is 35.4 Å². The lowest BCUT2D eigenvalue weighted by Gasteiger charge is -2.46. The minimum atomic E-state index is -1.72. The summed E-state index contributed by atoms with van der Waals surface area (Å²) >= 11 is 0. The van der Waals surface area contributed by atoms with E-state index >= 15 is 0 Å². The van der Waals surface area contributed by atoms with Crippen molar-refractivity contribution < 1.29 is 38.4 Å². The predicted molar refractivity (Wildman–Crippen MR) is 87.3 cm³/mol. The summed E-state index contributed by atoms with van der Waals surface area (Å²) in [7, 11) is 0. The molecule has 0 radical (unpaired) electrons. The first kappa shape index (κ1) is 21.7. The Morgan fingerprint density at radius 2 is 1.62 bits per heavy atom. The molecule has 9 heteroatoms. The summed E-state index contributed by atoms with van der Waals surface area (Å²) in [5, 5.41) is 29.3. The topological polar surface area (TPSA) is 116 Å². The number of rotatable bonds is 3. The number of aliphatic carboxylic acids is 2. The van der Waals surface area contributed by atoms with Crippen molar-refractivity contribution in [2.75, 3.05) is 6.61 Å². The standard InChI is InChI=1S/C13H17F2NO2.C4H4O4/c1-8-13(17,18-7-12(2,3)16-8)9-4-10(14)6-11(15)5-9;5-3(6)1-2-4(7)8/h4-6,8,16-17H,7H2,1-3H3;1-2H,(H,5,6)(H,7,8)/b;2-1+/t8-,13+;/m0./s1. The van der Waals surface area contributed by atoms with Gasteiger partial charge in [0.15, 0.2) is 0 Å². The molecular weight excluding hydrogens is 352 g/mol. The molecule has 1 aromatic carbocycles. The molecule has 26 heavy (non-hydrogen) atoms. The first-order chi connectivity index (χ1) is 11.9. The molecule has 1 heterocycles. The van der Waals surface area contributed by atoms with Crippen LogP contribution in [0.4, 0.5) is 8.78 Å². The quantitative estimate of drug-likeness (QED) is 0.595. The van der Waals surface area contributed by atoms with Crippen molar-refractivity contribution in [2.45, 2.75) is 38.1 Å². The molecule has 2 atom stereocenters. The van der Waals surface area contributed by atoms with Gasteiger partial charge in [-0.2, -0.15) is 0 Å². The van der Waals surface area contributed by atoms with E-state index in [1.54, 1.807) is 6.92 Å². The Morgan fingerprint density at radius 1 is 1.15 bits per heavy atom. The van der Waals surface area contributed by atoms with Crippen LogP contribution in [-0.2, 0) is 20.1 Å². The summed E-state index contributed by atoms with van der Waals surface area (Å²) < 4.78 is 31.9. The predicted octanol–water partition coefficient (Wildman–Crippen LogP) is 1.61. The lowest BCUT2D eigenvalue weighted by atomic mass is 9.92. The monoisotopic (exact) mass is 373 g/mol. The summed E-state index contributed by atoms with van der Waals surface area (Å²) in [5.41, 5.74) is -0.215. The first-order valence-corrected chi connectivity index (χ1v) is 7.60. The number of carbonyl (C=O) groups is 2. The summed E-state index contributed by atoms with van der Waals surface area (Å²) in [5.74, 6) is -5.71. The lowest BCUT2D eigenvalue weighted by Crippen LogP contribution is -2.63. The Labute approximate surface area is 148 Å². The number of hydrogen-bond donors (Lipinski definition) is 4. The average molecular weight is 373 g/mol. The number of morpholine rings is 1. The first-order valence-electron chi connectivity index (χ1n) is 7.60. The third-order valence-electron chi connectivity index (χ3n) is 3.49. The van der Waals surface area contributed by atoms with Crippen LogP contribution in [0.1, 0.15) is 26.3 Å². The highest BCUT2D eigenvalue weighted by Gasteiger charge is 2.45. The fraction of sp³-hybridized carbons (Fsp3) is 0.412. The smallest absolute Gasteiger partial charge is 0.328 e. The zero-order valence-electron chi connectivity index (χ0n) is 14.5. The molecule has 0 unspecified atom stereocenters. The van der Waals surface area contributed by atoms with E-state index in [0.29, 0.717) is 12.2 Å². The second-order valence-electron chi connectivity index (χ2n) is 6.40. The van der Waals surface area contributed by atoms with E-state index in [9.17, 15) is 23.5 Å². The number of halogens is 2. The van der Waals surface area contributed by atoms with Crippen molar-refractivity contribution in [2.24, 2.45) is 0 Å². The normalized spacial score (nSPS) is 24.6. The Balaban J connectivity index is 0.000000359. The number of nitrogens with one attached hydrogen (secondary N) is 1. The van der Waals surface area contributed by atoms with E-state index in [2.05, 4.69) is 5.32 Å². The summed E-state index contributed by atoms with van der Waals surface area (Å²) in [6, 6.07) is 2.44. The molecule has 0 aliphatic carbocycles. The molecule has 144 valence electrons. The van der Waals surface area contributed by atoms with Crippen molar-refractivity contribution in [1.29, 1.82) is 0 Å². The van der Waals surface area contributed by atoms with Crippen LogP contribution in [0.2, 0.25) is 0 Å². The van der Waals surface area contributed by atoms with Crippen molar-refractivity contribution in [3.8, 4) is 0 Å². The Kier molecular flexibility index (Phi) is 6.96. The highest BCUT2D eigenvalue weighted by atomic mass is 19.1. The van der Waals surface area contributed by atoms with Gasteiger partial charge in [-0.1, -0.05) is 0 Å². The largest absolute Gasteiger partial charge is 0.478 e. The molecule has 0 saturated carbocycles. The number of aliphatic hydroxyl groups is 1. The Hall–Kier alpha value is -2.36. The molecule has 7 nitrogen and oxygen atoms in total. The van der Waals surface area contributed by atoms with Crippen molar-refractivity contribution in [3.63, 3.8) is 0 Å². The molecule has 2 rings (SSSR count). The van der Waals surface area contributed by atoms with Crippen LogP contribution in [0.15, 0.2) is 30.4 Å². The van der Waals surface area contributed by atoms with Gasteiger partial charge >= 0.3 is 11.9 Å². The summed E-state index contributed by atoms with van der Waals surface area (Å²) in [6.45, 7) is 5.81. The van der Waals surface area contributed by atoms with Gasteiger partial charge in [0.25, 0.3) is 0 Å². The van der Waals surface area contributed by atoms with Crippen LogP contribution in [-0.4, -0.2) is 45.4 Å². The molecule has 1 aliphatic heterocycles. The Morgan fingerprint density at radius 3 is 2.00 bits per heavy atom. The van der Waals surface area contributed by atoms with Crippen molar-refractivity contribution in [1.82, 2.24) is 5.32 Å². The van der Waals surface area contributed by atoms with Gasteiger partial charge in [-0.15, -0.1) is 0 Å². The van der Waals surface area contributed by atoms with Crippen LogP contribution in [0.5, 0.6) is 0 Å². The Bertz CT molecular complexity index is 670. The molecule has 4 N–H and O–H groups in total. The minimum Gasteiger partial charge on any atom is -0.478 e. The molecule has 1 aromatic rings. The number of carboxylic acid groups (broad SMARTS) is 2. The molecule has 0 bridgehead atoms. The molecule has 0 amide bonds. The van der Waals surface area contributed by atoms with Crippen molar-refractivity contribution >= 4 is 11.9 Å². The highest BCUT2D eigenvalue weighted by Crippen LogP contribution is 2.33. The molecule has 0 spiro atoms. The summed E-state index contributed by atoms with van der Waals surface area (Å²) in [4.78, 5) is 19.1. The highest BCUT2D eigenvalue weighted by molar-refractivity contribution is 5.89. The van der Waals surface area contributed by atoms with Gasteiger partial charge in [-0.05, 0) is 32.9 Å². The van der Waals surface area contributed by atoms with Gasteiger partial charge in [0.05, 0.1) is 12.6 Å². The van der Waals surface area contributed by atoms with Crippen LogP contribution in [0.3, 0.4) is 0 Å². The molecule has 1 fully saturated rings. The van der Waals surface area contributed by atoms with Gasteiger partial charge < -0.3 is 25.4 Å². The van der Waals surface area contributed by atoms with Crippen LogP contribution < -0.4 is 5.32 Å². The van der Waals surface area contributed by atoms with E-state index in [-0.39, 0.29) is 17.7 Å². The third-order valence-corrected chi connectivity index (χ3v) is 3.49. The lowest BCUT2D eigenvalue weighted by molar-refractivity contribution is -0.263. The average Bonchev–Trinajstić information content (AvgIpc) is 2.49. The van der Waals surface area contributed by atoms with Gasteiger partial charge in [0.1, 0.15) is 11.6 Å². The van der Waals surface area contributed by atoms with Crippen LogP contribution >= 0.6 is 0 Å². The minimum absolute atomic E-state index is 0.0792. The van der Waals surface area contributed by atoms with E-state index in [1.165, 1.54) is 0 Å². The zero-order chi connectivity index (χ0) is 20.1. The molecule has 0 aromatic heterocycles. The SMILES string of the molecule is C[C@@H]1NC(C)(C)CO[C@@]1(O)c1cc(F)cc(F)c1.O=C(O)/C=C/C(=O)O. The summed E-state index contributed by atoms with van der Waals surface area (Å²) in [6.07, 6.45) is 1.12. The molecule has 1 aliphatic rings. The maximum atomic E-state index is 13.2. The van der Waals surface area contributed by atoms with E-state index in [4.69, 9.17) is 14.9 Å². The van der Waals surface area contributed by atoms with E-state index in [1.807, 2.05) is 13.8 Å². The van der Waals surface area contributed by atoms with Gasteiger partial charge in [0, 0.05) is 29.3 Å².